The topological polar surface area (TPSA) is 64.1 Å². The van der Waals surface area contributed by atoms with Crippen LogP contribution in [0, 0.1) is 5.92 Å². The Balaban J connectivity index is 1.89. The van der Waals surface area contributed by atoms with E-state index < -0.39 is 5.54 Å². The van der Waals surface area contributed by atoms with E-state index in [0.29, 0.717) is 18.5 Å². The van der Waals surface area contributed by atoms with Crippen molar-refractivity contribution in [2.24, 2.45) is 17.4 Å². The molecule has 3 nitrogen and oxygen atoms in total. The zero-order valence-corrected chi connectivity index (χ0v) is 17.6. The average molecular weight is 400 g/mol. The fourth-order valence-electron chi connectivity index (χ4n) is 5.12. The fraction of sp³-hybridized carbons (Fsp3) is 0.333. The van der Waals surface area contributed by atoms with Crippen molar-refractivity contribution in [2.75, 3.05) is 6.54 Å². The third-order valence-corrected chi connectivity index (χ3v) is 6.66. The number of hydrogen-bond donors (Lipinski definition) is 3. The monoisotopic (exact) mass is 399 g/mol. The Morgan fingerprint density at radius 1 is 0.733 bits per heavy atom. The minimum Gasteiger partial charge on any atom is -0.329 e. The van der Waals surface area contributed by atoms with Gasteiger partial charge in [0.2, 0.25) is 0 Å². The van der Waals surface area contributed by atoms with Gasteiger partial charge in [-0.2, -0.15) is 0 Å². The molecule has 1 unspecified atom stereocenters. The molecule has 1 aliphatic rings. The molecule has 0 heterocycles. The van der Waals surface area contributed by atoms with E-state index >= 15 is 0 Å². The van der Waals surface area contributed by atoms with Gasteiger partial charge in [-0.1, -0.05) is 104 Å². The SMILES string of the molecule is NCC(N)[C@H]1CCCC[C@H]1NC(c1ccccc1)(c1ccccc1)c1ccccc1. The Morgan fingerprint density at radius 3 is 1.60 bits per heavy atom. The highest BCUT2D eigenvalue weighted by atomic mass is 15.0. The quantitative estimate of drug-likeness (QED) is 0.516. The van der Waals surface area contributed by atoms with Gasteiger partial charge in [-0.05, 0) is 35.4 Å². The molecule has 0 saturated heterocycles. The summed E-state index contributed by atoms with van der Waals surface area (Å²) in [7, 11) is 0. The summed E-state index contributed by atoms with van der Waals surface area (Å²) in [4.78, 5) is 0. The second kappa shape index (κ2) is 9.57. The zero-order valence-electron chi connectivity index (χ0n) is 17.6. The molecule has 4 rings (SSSR count). The molecule has 0 aromatic heterocycles. The second-order valence-electron chi connectivity index (χ2n) is 8.45. The molecule has 5 N–H and O–H groups in total. The van der Waals surface area contributed by atoms with Gasteiger partial charge in [-0.3, -0.25) is 5.32 Å². The summed E-state index contributed by atoms with van der Waals surface area (Å²) in [5.74, 6) is 0.374. The molecule has 3 heteroatoms. The van der Waals surface area contributed by atoms with Crippen LogP contribution >= 0.6 is 0 Å². The summed E-state index contributed by atoms with van der Waals surface area (Å²) >= 11 is 0. The molecule has 30 heavy (non-hydrogen) atoms. The van der Waals surface area contributed by atoms with Crippen LogP contribution in [-0.2, 0) is 5.54 Å². The fourth-order valence-corrected chi connectivity index (χ4v) is 5.12. The Bertz CT molecular complexity index is 799. The smallest absolute Gasteiger partial charge is 0.0950 e. The van der Waals surface area contributed by atoms with Crippen LogP contribution in [0.1, 0.15) is 42.4 Å². The number of rotatable bonds is 7. The van der Waals surface area contributed by atoms with E-state index in [0.717, 1.165) is 12.8 Å². The van der Waals surface area contributed by atoms with Crippen LogP contribution in [0.5, 0.6) is 0 Å². The molecule has 0 bridgehead atoms. The maximum Gasteiger partial charge on any atom is 0.0950 e. The Kier molecular flexibility index (Phi) is 6.63. The standard InChI is InChI=1S/C27H33N3/c28-20-25(29)24-18-10-11-19-26(24)30-27(21-12-4-1-5-13-21,22-14-6-2-7-15-22)23-16-8-3-9-17-23/h1-9,12-17,24-26,30H,10-11,18-20,28-29H2/t24-,25?,26-/m1/s1. The summed E-state index contributed by atoms with van der Waals surface area (Å²) in [5.41, 5.74) is 15.8. The zero-order chi connectivity index (χ0) is 20.8. The van der Waals surface area contributed by atoms with E-state index in [1.165, 1.54) is 29.5 Å². The van der Waals surface area contributed by atoms with Crippen molar-refractivity contribution < 1.29 is 0 Å². The van der Waals surface area contributed by atoms with Crippen LogP contribution in [-0.4, -0.2) is 18.6 Å². The van der Waals surface area contributed by atoms with E-state index in [1.807, 2.05) is 0 Å². The van der Waals surface area contributed by atoms with E-state index in [9.17, 15) is 0 Å². The van der Waals surface area contributed by atoms with Gasteiger partial charge in [0, 0.05) is 18.6 Å². The van der Waals surface area contributed by atoms with Crippen molar-refractivity contribution in [2.45, 2.75) is 43.3 Å². The molecule has 0 amide bonds. The molecule has 0 spiro atoms. The summed E-state index contributed by atoms with van der Waals surface area (Å²) < 4.78 is 0. The first kappa shape index (κ1) is 20.8. The maximum absolute atomic E-state index is 6.51. The third kappa shape index (κ3) is 4.06. The highest BCUT2D eigenvalue weighted by Crippen LogP contribution is 2.39. The number of nitrogens with one attached hydrogen (secondary N) is 1. The van der Waals surface area contributed by atoms with Gasteiger partial charge < -0.3 is 11.5 Å². The average Bonchev–Trinajstić information content (AvgIpc) is 2.84. The highest BCUT2D eigenvalue weighted by Gasteiger charge is 2.41. The van der Waals surface area contributed by atoms with Gasteiger partial charge in [0.05, 0.1) is 5.54 Å². The molecule has 0 radical (unpaired) electrons. The van der Waals surface area contributed by atoms with Crippen molar-refractivity contribution in [3.8, 4) is 0 Å². The summed E-state index contributed by atoms with van der Waals surface area (Å²) in [6, 6.07) is 32.7. The molecule has 156 valence electrons. The normalized spacial score (nSPS) is 20.6. The number of nitrogens with two attached hydrogens (primary N) is 2. The molecule has 3 aromatic carbocycles. The van der Waals surface area contributed by atoms with Gasteiger partial charge in [0.1, 0.15) is 0 Å². The van der Waals surface area contributed by atoms with Crippen LogP contribution in [0.15, 0.2) is 91.0 Å². The van der Waals surface area contributed by atoms with Crippen LogP contribution in [0.2, 0.25) is 0 Å². The Morgan fingerprint density at radius 2 is 1.17 bits per heavy atom. The summed E-state index contributed by atoms with van der Waals surface area (Å²) in [5, 5.41) is 4.15. The van der Waals surface area contributed by atoms with E-state index in [1.54, 1.807) is 0 Å². The maximum atomic E-state index is 6.51. The van der Waals surface area contributed by atoms with Crippen molar-refractivity contribution >= 4 is 0 Å². The van der Waals surface area contributed by atoms with E-state index in [4.69, 9.17) is 11.5 Å². The molecular weight excluding hydrogens is 366 g/mol. The minimum absolute atomic E-state index is 0.0165. The van der Waals surface area contributed by atoms with E-state index in [-0.39, 0.29) is 6.04 Å². The molecule has 3 aromatic rings. The molecular formula is C27H33N3. The minimum atomic E-state index is -0.446. The molecule has 1 aliphatic carbocycles. The molecule has 1 fully saturated rings. The lowest BCUT2D eigenvalue weighted by atomic mass is 9.73. The van der Waals surface area contributed by atoms with Crippen molar-refractivity contribution in [3.05, 3.63) is 108 Å². The summed E-state index contributed by atoms with van der Waals surface area (Å²) in [6.45, 7) is 0.526. The van der Waals surface area contributed by atoms with Crippen LogP contribution in [0.4, 0.5) is 0 Å². The predicted molar refractivity (Wildman–Crippen MR) is 125 cm³/mol. The highest BCUT2D eigenvalue weighted by molar-refractivity contribution is 5.49. The number of benzene rings is 3. The van der Waals surface area contributed by atoms with Crippen LogP contribution < -0.4 is 16.8 Å². The van der Waals surface area contributed by atoms with Gasteiger partial charge in [0.25, 0.3) is 0 Å². The second-order valence-corrected chi connectivity index (χ2v) is 8.45. The van der Waals surface area contributed by atoms with Crippen LogP contribution in [0.25, 0.3) is 0 Å². The largest absolute Gasteiger partial charge is 0.329 e. The lowest BCUT2D eigenvalue weighted by Gasteiger charge is -2.45. The van der Waals surface area contributed by atoms with Crippen LogP contribution in [0.3, 0.4) is 0 Å². The first-order valence-electron chi connectivity index (χ1n) is 11.2. The van der Waals surface area contributed by atoms with Gasteiger partial charge in [0.15, 0.2) is 0 Å². The predicted octanol–water partition coefficient (Wildman–Crippen LogP) is 4.41. The number of hydrogen-bond acceptors (Lipinski definition) is 3. The first-order chi connectivity index (χ1) is 14.8. The van der Waals surface area contributed by atoms with Crippen molar-refractivity contribution in [3.63, 3.8) is 0 Å². The summed E-state index contributed by atoms with van der Waals surface area (Å²) in [6.07, 6.45) is 4.70. The first-order valence-corrected chi connectivity index (χ1v) is 11.2. The lowest BCUT2D eigenvalue weighted by molar-refractivity contribution is 0.201. The van der Waals surface area contributed by atoms with Gasteiger partial charge >= 0.3 is 0 Å². The van der Waals surface area contributed by atoms with Gasteiger partial charge in [-0.15, -0.1) is 0 Å². The van der Waals surface area contributed by atoms with Crippen molar-refractivity contribution in [1.82, 2.24) is 5.32 Å². The lowest BCUT2D eigenvalue weighted by Crippen LogP contribution is -2.57. The molecule has 1 saturated carbocycles. The Labute approximate surface area is 180 Å². The van der Waals surface area contributed by atoms with Crippen molar-refractivity contribution in [1.29, 1.82) is 0 Å². The molecule has 0 aliphatic heterocycles. The van der Waals surface area contributed by atoms with E-state index in [2.05, 4.69) is 96.3 Å². The van der Waals surface area contributed by atoms with Gasteiger partial charge in [-0.25, -0.2) is 0 Å². The third-order valence-electron chi connectivity index (χ3n) is 6.66. The molecule has 3 atom stereocenters. The Hall–Kier alpha value is -2.46.